The Balaban J connectivity index is 2.55. The number of benzene rings is 1. The maximum absolute atomic E-state index is 12.4. The molecule has 1 aromatic carbocycles. The van der Waals surface area contributed by atoms with Crippen LogP contribution in [-0.2, 0) is 12.6 Å². The van der Waals surface area contributed by atoms with Gasteiger partial charge in [0.15, 0.2) is 0 Å². The normalized spacial score (nSPS) is 12.3. The molecule has 1 heterocycles. The third-order valence-corrected chi connectivity index (χ3v) is 2.24. The molecule has 0 unspecified atom stereocenters. The molecule has 15 heavy (non-hydrogen) atoms. The van der Waals surface area contributed by atoms with Gasteiger partial charge >= 0.3 is 6.18 Å². The summed E-state index contributed by atoms with van der Waals surface area (Å²) in [5.74, 6) is 0.698. The summed E-state index contributed by atoms with van der Waals surface area (Å²) in [6.45, 7) is 1.89. The average molecular weight is 214 g/mol. The van der Waals surface area contributed by atoms with Crippen LogP contribution >= 0.6 is 0 Å². The van der Waals surface area contributed by atoms with E-state index in [1.54, 1.807) is 6.07 Å². The Labute approximate surface area is 84.5 Å². The Bertz CT molecular complexity index is 482. The van der Waals surface area contributed by atoms with Gasteiger partial charge in [0, 0.05) is 11.8 Å². The number of rotatable bonds is 1. The molecule has 0 amide bonds. The van der Waals surface area contributed by atoms with Gasteiger partial charge in [-0.1, -0.05) is 6.92 Å². The third-order valence-electron chi connectivity index (χ3n) is 2.24. The minimum atomic E-state index is -4.29. The first-order valence-electron chi connectivity index (χ1n) is 4.60. The average Bonchev–Trinajstić information content (AvgIpc) is 2.57. The molecule has 0 saturated heterocycles. The first-order chi connectivity index (χ1) is 7.00. The van der Waals surface area contributed by atoms with Crippen molar-refractivity contribution in [1.29, 1.82) is 0 Å². The highest BCUT2D eigenvalue weighted by Gasteiger charge is 2.30. The van der Waals surface area contributed by atoms with Crippen molar-refractivity contribution in [2.45, 2.75) is 19.5 Å². The smallest absolute Gasteiger partial charge is 0.416 e. The van der Waals surface area contributed by atoms with Crippen LogP contribution in [0.15, 0.2) is 28.7 Å². The van der Waals surface area contributed by atoms with Crippen LogP contribution in [0.1, 0.15) is 18.2 Å². The molecule has 0 N–H and O–H groups in total. The molecule has 2 rings (SSSR count). The summed E-state index contributed by atoms with van der Waals surface area (Å²) in [5.41, 5.74) is -0.140. The van der Waals surface area contributed by atoms with Crippen molar-refractivity contribution >= 4 is 11.0 Å². The number of hydrogen-bond acceptors (Lipinski definition) is 1. The van der Waals surface area contributed by atoms with Crippen molar-refractivity contribution in [3.05, 3.63) is 35.6 Å². The minimum absolute atomic E-state index is 0.500. The Hall–Kier alpha value is -1.45. The fourth-order valence-corrected chi connectivity index (χ4v) is 1.45. The van der Waals surface area contributed by atoms with Gasteiger partial charge in [0.1, 0.15) is 11.3 Å². The molecule has 1 nitrogen and oxygen atoms in total. The lowest BCUT2D eigenvalue weighted by Gasteiger charge is -2.04. The summed E-state index contributed by atoms with van der Waals surface area (Å²) >= 11 is 0. The first kappa shape index (κ1) is 10.1. The van der Waals surface area contributed by atoms with Gasteiger partial charge in [0.2, 0.25) is 0 Å². The number of fused-ring (bicyclic) bond motifs is 1. The molecule has 4 heteroatoms. The van der Waals surface area contributed by atoms with E-state index in [1.807, 2.05) is 6.92 Å². The number of furan rings is 1. The van der Waals surface area contributed by atoms with Crippen LogP contribution in [-0.4, -0.2) is 0 Å². The van der Waals surface area contributed by atoms with Crippen LogP contribution in [0.5, 0.6) is 0 Å². The van der Waals surface area contributed by atoms with E-state index in [9.17, 15) is 13.2 Å². The lowest BCUT2D eigenvalue weighted by molar-refractivity contribution is -0.137. The van der Waals surface area contributed by atoms with E-state index in [0.29, 0.717) is 23.2 Å². The van der Waals surface area contributed by atoms with Crippen LogP contribution < -0.4 is 0 Å². The molecular weight excluding hydrogens is 205 g/mol. The van der Waals surface area contributed by atoms with Crippen LogP contribution in [0.4, 0.5) is 13.2 Å². The number of aryl methyl sites for hydroxylation is 1. The minimum Gasteiger partial charge on any atom is -0.461 e. The highest BCUT2D eigenvalue weighted by Crippen LogP contribution is 2.32. The van der Waals surface area contributed by atoms with Crippen LogP contribution in [0, 0.1) is 0 Å². The fraction of sp³-hybridized carbons (Fsp3) is 0.273. The highest BCUT2D eigenvalue weighted by atomic mass is 19.4. The molecule has 2 aromatic rings. The zero-order valence-corrected chi connectivity index (χ0v) is 8.06. The van der Waals surface area contributed by atoms with E-state index < -0.39 is 11.7 Å². The first-order valence-corrected chi connectivity index (χ1v) is 4.60. The van der Waals surface area contributed by atoms with Gasteiger partial charge < -0.3 is 4.42 Å². The monoisotopic (exact) mass is 214 g/mol. The molecule has 80 valence electrons. The summed E-state index contributed by atoms with van der Waals surface area (Å²) in [5, 5.41) is 0.502. The lowest BCUT2D eigenvalue weighted by Crippen LogP contribution is -2.03. The Morgan fingerprint density at radius 1 is 1.20 bits per heavy atom. The van der Waals surface area contributed by atoms with Gasteiger partial charge in [-0.25, -0.2) is 0 Å². The van der Waals surface area contributed by atoms with Crippen LogP contribution in [0.3, 0.4) is 0 Å². The van der Waals surface area contributed by atoms with Crippen molar-refractivity contribution in [1.82, 2.24) is 0 Å². The second-order valence-corrected chi connectivity index (χ2v) is 3.32. The SMILES string of the molecule is CCc1cc2cc(C(F)(F)F)ccc2o1. The van der Waals surface area contributed by atoms with Crippen molar-refractivity contribution in [2.24, 2.45) is 0 Å². The molecule has 0 aliphatic carbocycles. The van der Waals surface area contributed by atoms with Crippen molar-refractivity contribution < 1.29 is 17.6 Å². The van der Waals surface area contributed by atoms with E-state index in [2.05, 4.69) is 0 Å². The molecule has 0 atom stereocenters. The number of alkyl halides is 3. The maximum Gasteiger partial charge on any atom is 0.416 e. The predicted molar refractivity (Wildman–Crippen MR) is 50.6 cm³/mol. The van der Waals surface area contributed by atoms with E-state index in [-0.39, 0.29) is 0 Å². The Kier molecular flexibility index (Phi) is 2.21. The van der Waals surface area contributed by atoms with E-state index in [4.69, 9.17) is 4.42 Å². The number of hydrogen-bond donors (Lipinski definition) is 0. The summed E-state index contributed by atoms with van der Waals surface area (Å²) in [7, 11) is 0. The zero-order valence-electron chi connectivity index (χ0n) is 8.06. The lowest BCUT2D eigenvalue weighted by atomic mass is 10.1. The molecular formula is C11H9F3O. The summed E-state index contributed by atoms with van der Waals surface area (Å²) < 4.78 is 42.4. The second kappa shape index (κ2) is 3.29. The van der Waals surface area contributed by atoms with Gasteiger partial charge in [-0.05, 0) is 24.3 Å². The van der Waals surface area contributed by atoms with Crippen molar-refractivity contribution in [3.63, 3.8) is 0 Å². The van der Waals surface area contributed by atoms with Gasteiger partial charge in [0.05, 0.1) is 5.56 Å². The predicted octanol–water partition coefficient (Wildman–Crippen LogP) is 4.01. The number of halogens is 3. The van der Waals surface area contributed by atoms with E-state index in [0.717, 1.165) is 12.1 Å². The third kappa shape index (κ3) is 1.84. The van der Waals surface area contributed by atoms with Gasteiger partial charge in [0.25, 0.3) is 0 Å². The second-order valence-electron chi connectivity index (χ2n) is 3.32. The molecule has 0 spiro atoms. The molecule has 0 radical (unpaired) electrons. The summed E-state index contributed by atoms with van der Waals surface area (Å²) in [6, 6.07) is 5.14. The van der Waals surface area contributed by atoms with Gasteiger partial charge in [-0.2, -0.15) is 13.2 Å². The summed E-state index contributed by atoms with van der Waals surface area (Å²) in [4.78, 5) is 0. The van der Waals surface area contributed by atoms with Crippen LogP contribution in [0.25, 0.3) is 11.0 Å². The maximum atomic E-state index is 12.4. The summed E-state index contributed by atoms with van der Waals surface area (Å²) in [6.07, 6.45) is -3.62. The molecule has 0 saturated carbocycles. The Morgan fingerprint density at radius 2 is 1.93 bits per heavy atom. The standard InChI is InChI=1S/C11H9F3O/c1-2-9-6-7-5-8(11(12,13)14)3-4-10(7)15-9/h3-6H,2H2,1H3. The molecule has 0 aliphatic heterocycles. The van der Waals surface area contributed by atoms with Crippen LogP contribution in [0.2, 0.25) is 0 Å². The quantitative estimate of drug-likeness (QED) is 0.698. The van der Waals surface area contributed by atoms with E-state index in [1.165, 1.54) is 6.07 Å². The molecule has 0 bridgehead atoms. The largest absolute Gasteiger partial charge is 0.461 e. The molecule has 0 fully saturated rings. The fourth-order valence-electron chi connectivity index (χ4n) is 1.45. The molecule has 0 aliphatic rings. The van der Waals surface area contributed by atoms with Crippen molar-refractivity contribution in [2.75, 3.05) is 0 Å². The highest BCUT2D eigenvalue weighted by molar-refractivity contribution is 5.78. The Morgan fingerprint density at radius 3 is 2.53 bits per heavy atom. The van der Waals surface area contributed by atoms with Gasteiger partial charge in [-0.3, -0.25) is 0 Å². The van der Waals surface area contributed by atoms with Crippen molar-refractivity contribution in [3.8, 4) is 0 Å². The zero-order chi connectivity index (χ0) is 11.1. The van der Waals surface area contributed by atoms with E-state index >= 15 is 0 Å². The topological polar surface area (TPSA) is 13.1 Å². The molecule has 1 aromatic heterocycles. The van der Waals surface area contributed by atoms with Gasteiger partial charge in [-0.15, -0.1) is 0 Å².